The summed E-state index contributed by atoms with van der Waals surface area (Å²) in [6, 6.07) is 3.38. The first kappa shape index (κ1) is 17.4. The number of ether oxygens (including phenoxy) is 1. The molecule has 3 nitrogen and oxygen atoms in total. The van der Waals surface area contributed by atoms with Gasteiger partial charge in [-0.05, 0) is 11.5 Å². The SMILES string of the molecule is COc1cc(F)ccc1C(C)(C)CC(O)(C=O)C(F)(F)F. The van der Waals surface area contributed by atoms with Gasteiger partial charge in [-0.1, -0.05) is 19.9 Å². The van der Waals surface area contributed by atoms with E-state index in [1.165, 1.54) is 27.0 Å². The van der Waals surface area contributed by atoms with Gasteiger partial charge in [0.15, 0.2) is 6.29 Å². The Morgan fingerprint density at radius 1 is 1.29 bits per heavy atom. The van der Waals surface area contributed by atoms with Crippen LogP contribution in [0.5, 0.6) is 5.75 Å². The van der Waals surface area contributed by atoms with E-state index in [4.69, 9.17) is 4.74 Å². The summed E-state index contributed by atoms with van der Waals surface area (Å²) in [5, 5.41) is 9.56. The van der Waals surface area contributed by atoms with Gasteiger partial charge in [0.25, 0.3) is 0 Å². The molecule has 0 aliphatic carbocycles. The van der Waals surface area contributed by atoms with Crippen LogP contribution in [-0.4, -0.2) is 30.3 Å². The van der Waals surface area contributed by atoms with Crippen molar-refractivity contribution < 1.29 is 32.2 Å². The van der Waals surface area contributed by atoms with Crippen molar-refractivity contribution in [1.82, 2.24) is 0 Å². The number of carbonyl (C=O) groups is 1. The van der Waals surface area contributed by atoms with Gasteiger partial charge in [-0.25, -0.2) is 4.39 Å². The summed E-state index contributed by atoms with van der Waals surface area (Å²) in [5.41, 5.74) is -4.49. The minimum absolute atomic E-state index is 0.0513. The Hall–Kier alpha value is -1.63. The number of methoxy groups -OCH3 is 1. The molecule has 0 heterocycles. The Bertz CT molecular complexity index is 525. The van der Waals surface area contributed by atoms with Gasteiger partial charge in [-0.15, -0.1) is 0 Å². The van der Waals surface area contributed by atoms with E-state index >= 15 is 0 Å². The zero-order valence-corrected chi connectivity index (χ0v) is 11.8. The van der Waals surface area contributed by atoms with Crippen LogP contribution >= 0.6 is 0 Å². The molecule has 0 amide bonds. The minimum atomic E-state index is -5.10. The van der Waals surface area contributed by atoms with Gasteiger partial charge >= 0.3 is 6.18 Å². The van der Waals surface area contributed by atoms with E-state index in [0.29, 0.717) is 0 Å². The standard InChI is InChI=1S/C14H16F4O3/c1-12(2,7-13(20,8-19)14(16,17)18)10-5-4-9(15)6-11(10)21-3/h4-6,8,20H,7H2,1-3H3. The molecular formula is C14H16F4O3. The van der Waals surface area contributed by atoms with Crippen molar-refractivity contribution in [2.75, 3.05) is 7.11 Å². The fraction of sp³-hybridized carbons (Fsp3) is 0.500. The third kappa shape index (κ3) is 3.53. The molecule has 7 heteroatoms. The highest BCUT2D eigenvalue weighted by atomic mass is 19.4. The average molecular weight is 308 g/mol. The maximum Gasteiger partial charge on any atom is 0.424 e. The summed E-state index contributed by atoms with van der Waals surface area (Å²) in [6.45, 7) is 2.81. The Balaban J connectivity index is 3.26. The Morgan fingerprint density at radius 3 is 2.29 bits per heavy atom. The molecule has 0 fully saturated rings. The second kappa shape index (κ2) is 5.63. The van der Waals surface area contributed by atoms with Gasteiger partial charge < -0.3 is 9.84 Å². The maximum atomic E-state index is 13.2. The number of benzene rings is 1. The smallest absolute Gasteiger partial charge is 0.424 e. The molecule has 118 valence electrons. The van der Waals surface area contributed by atoms with Crippen molar-refractivity contribution in [1.29, 1.82) is 0 Å². The first-order valence-corrected chi connectivity index (χ1v) is 6.06. The highest BCUT2D eigenvalue weighted by Gasteiger charge is 2.56. The van der Waals surface area contributed by atoms with Crippen molar-refractivity contribution in [2.24, 2.45) is 0 Å². The molecule has 0 aliphatic heterocycles. The van der Waals surface area contributed by atoms with E-state index in [1.807, 2.05) is 0 Å². The van der Waals surface area contributed by atoms with Gasteiger partial charge in [0.2, 0.25) is 5.60 Å². The van der Waals surface area contributed by atoms with Gasteiger partial charge in [0.1, 0.15) is 11.6 Å². The van der Waals surface area contributed by atoms with Crippen molar-refractivity contribution in [3.05, 3.63) is 29.6 Å². The van der Waals surface area contributed by atoms with Crippen molar-refractivity contribution in [2.45, 2.75) is 37.5 Å². The van der Waals surface area contributed by atoms with E-state index in [0.717, 1.165) is 12.1 Å². The molecule has 0 saturated heterocycles. The van der Waals surface area contributed by atoms with Crippen LogP contribution in [0.15, 0.2) is 18.2 Å². The molecule has 0 radical (unpaired) electrons. The summed E-state index contributed by atoms with van der Waals surface area (Å²) in [5.74, 6) is -0.553. The minimum Gasteiger partial charge on any atom is -0.496 e. The van der Waals surface area contributed by atoms with Gasteiger partial charge in [0.05, 0.1) is 7.11 Å². The van der Waals surface area contributed by atoms with Crippen LogP contribution in [0.3, 0.4) is 0 Å². The lowest BCUT2D eigenvalue weighted by molar-refractivity contribution is -0.250. The summed E-state index contributed by atoms with van der Waals surface area (Å²) in [7, 11) is 1.25. The fourth-order valence-electron chi connectivity index (χ4n) is 2.20. The predicted octanol–water partition coefficient (Wildman–Crippen LogP) is 2.99. The van der Waals surface area contributed by atoms with Crippen molar-refractivity contribution >= 4 is 6.29 Å². The normalized spacial score (nSPS) is 15.4. The number of carbonyl (C=O) groups excluding carboxylic acids is 1. The van der Waals surface area contributed by atoms with E-state index < -0.39 is 35.7 Å². The Labute approximate surface area is 119 Å². The van der Waals surface area contributed by atoms with Gasteiger partial charge in [0, 0.05) is 18.1 Å². The number of alkyl halides is 3. The van der Waals surface area contributed by atoms with Crippen LogP contribution in [0.1, 0.15) is 25.8 Å². The van der Waals surface area contributed by atoms with Crippen molar-refractivity contribution in [3.63, 3.8) is 0 Å². The number of aliphatic hydroxyl groups is 1. The highest BCUT2D eigenvalue weighted by Crippen LogP contribution is 2.42. The number of aldehydes is 1. The summed E-state index contributed by atoms with van der Waals surface area (Å²) < 4.78 is 56.6. The molecule has 1 aromatic rings. The first-order valence-electron chi connectivity index (χ1n) is 6.06. The molecule has 0 saturated carbocycles. The zero-order valence-electron chi connectivity index (χ0n) is 11.8. The molecule has 0 spiro atoms. The largest absolute Gasteiger partial charge is 0.496 e. The lowest BCUT2D eigenvalue weighted by Gasteiger charge is -2.35. The molecule has 1 aromatic carbocycles. The number of hydrogen-bond donors (Lipinski definition) is 1. The molecule has 1 unspecified atom stereocenters. The second-order valence-corrected chi connectivity index (χ2v) is 5.45. The lowest BCUT2D eigenvalue weighted by Crippen LogP contribution is -2.50. The molecule has 0 bridgehead atoms. The molecule has 1 rings (SSSR count). The van der Waals surface area contributed by atoms with Gasteiger partial charge in [-0.2, -0.15) is 13.2 Å². The maximum absolute atomic E-state index is 13.2. The molecule has 1 N–H and O–H groups in total. The Kier molecular flexibility index (Phi) is 4.67. The molecular weight excluding hydrogens is 292 g/mol. The second-order valence-electron chi connectivity index (χ2n) is 5.45. The molecule has 0 aromatic heterocycles. The molecule has 1 atom stereocenters. The van der Waals surface area contributed by atoms with Crippen LogP contribution in [0, 0.1) is 5.82 Å². The highest BCUT2D eigenvalue weighted by molar-refractivity contribution is 5.64. The summed E-state index contributed by atoms with van der Waals surface area (Å²) >= 11 is 0. The number of rotatable bonds is 5. The molecule has 0 aliphatic rings. The van der Waals surface area contributed by atoms with E-state index in [1.54, 1.807) is 0 Å². The van der Waals surface area contributed by atoms with Gasteiger partial charge in [-0.3, -0.25) is 4.79 Å². The van der Waals surface area contributed by atoms with Crippen LogP contribution in [0.4, 0.5) is 17.6 Å². The van der Waals surface area contributed by atoms with E-state index in [-0.39, 0.29) is 11.3 Å². The Morgan fingerprint density at radius 2 is 1.86 bits per heavy atom. The quantitative estimate of drug-likeness (QED) is 0.672. The zero-order chi connectivity index (χ0) is 16.5. The van der Waals surface area contributed by atoms with Crippen LogP contribution < -0.4 is 4.74 Å². The molecule has 21 heavy (non-hydrogen) atoms. The van der Waals surface area contributed by atoms with E-state index in [2.05, 4.69) is 0 Å². The van der Waals surface area contributed by atoms with Crippen molar-refractivity contribution in [3.8, 4) is 5.75 Å². The third-order valence-electron chi connectivity index (χ3n) is 3.29. The van der Waals surface area contributed by atoms with E-state index in [9.17, 15) is 27.5 Å². The summed E-state index contributed by atoms with van der Waals surface area (Å²) in [4.78, 5) is 10.7. The van der Waals surface area contributed by atoms with Crippen LogP contribution in [0.2, 0.25) is 0 Å². The number of hydrogen-bond acceptors (Lipinski definition) is 3. The topological polar surface area (TPSA) is 46.5 Å². The average Bonchev–Trinajstić information content (AvgIpc) is 2.36. The fourth-order valence-corrected chi connectivity index (χ4v) is 2.20. The van der Waals surface area contributed by atoms with Crippen LogP contribution in [-0.2, 0) is 10.2 Å². The number of halogens is 4. The lowest BCUT2D eigenvalue weighted by atomic mass is 9.75. The monoisotopic (exact) mass is 308 g/mol. The van der Waals surface area contributed by atoms with Crippen LogP contribution in [0.25, 0.3) is 0 Å². The third-order valence-corrected chi connectivity index (χ3v) is 3.29. The summed E-state index contributed by atoms with van der Waals surface area (Å²) in [6.07, 6.45) is -6.53. The predicted molar refractivity (Wildman–Crippen MR) is 67.7 cm³/mol. The first-order chi connectivity index (χ1) is 9.47.